The van der Waals surface area contributed by atoms with Crippen LogP contribution in [0.2, 0.25) is 0 Å². The lowest BCUT2D eigenvalue weighted by Crippen LogP contribution is -2.51. The average molecular weight is 143 g/mol. The molecular weight excluding hydrogens is 126 g/mol. The van der Waals surface area contributed by atoms with Crippen molar-refractivity contribution in [2.45, 2.75) is 26.3 Å². The second-order valence-corrected chi connectivity index (χ2v) is 3.51. The topological polar surface area (TPSA) is 23.5 Å². The molecule has 2 heteroatoms. The minimum atomic E-state index is 0.340. The van der Waals surface area contributed by atoms with Gasteiger partial charge in [-0.2, -0.15) is 0 Å². The Morgan fingerprint density at radius 3 is 2.60 bits per heavy atom. The summed E-state index contributed by atoms with van der Waals surface area (Å²) in [5.41, 5.74) is 0. The van der Waals surface area contributed by atoms with E-state index in [2.05, 4.69) is 18.7 Å². The normalized spacial score (nSPS) is 27.0. The van der Waals surface area contributed by atoms with E-state index in [9.17, 15) is 0 Å². The van der Waals surface area contributed by atoms with Crippen molar-refractivity contribution in [1.29, 1.82) is 0 Å². The molecule has 1 aliphatic heterocycles. The van der Waals surface area contributed by atoms with Crippen LogP contribution >= 0.6 is 0 Å². The van der Waals surface area contributed by atoms with Crippen molar-refractivity contribution in [3.8, 4) is 0 Å². The molecule has 0 aromatic carbocycles. The van der Waals surface area contributed by atoms with Gasteiger partial charge in [0, 0.05) is 19.1 Å². The van der Waals surface area contributed by atoms with E-state index < -0.39 is 0 Å². The Bertz CT molecular complexity index is 101. The van der Waals surface area contributed by atoms with E-state index in [1.807, 2.05) is 0 Å². The average Bonchev–Trinajstić information content (AvgIpc) is 1.82. The molecule has 1 saturated heterocycles. The first-order valence-electron chi connectivity index (χ1n) is 4.09. The predicted molar refractivity (Wildman–Crippen MR) is 41.9 cm³/mol. The van der Waals surface area contributed by atoms with Crippen LogP contribution in [0, 0.1) is 5.92 Å². The number of aliphatic hydroxyl groups excluding tert-OH is 1. The van der Waals surface area contributed by atoms with Crippen LogP contribution in [0.25, 0.3) is 0 Å². The van der Waals surface area contributed by atoms with Crippen LogP contribution in [0.15, 0.2) is 0 Å². The highest BCUT2D eigenvalue weighted by molar-refractivity contribution is 4.82. The van der Waals surface area contributed by atoms with Crippen LogP contribution in [0.1, 0.15) is 20.3 Å². The maximum Gasteiger partial charge on any atom is 0.0587 e. The number of aliphatic hydroxyl groups is 1. The van der Waals surface area contributed by atoms with Crippen LogP contribution in [-0.2, 0) is 0 Å². The van der Waals surface area contributed by atoms with Crippen LogP contribution in [0.3, 0.4) is 0 Å². The maximum absolute atomic E-state index is 8.83. The van der Waals surface area contributed by atoms with E-state index in [1.54, 1.807) is 0 Å². The Kier molecular flexibility index (Phi) is 2.69. The monoisotopic (exact) mass is 143 g/mol. The molecule has 0 saturated carbocycles. The number of rotatable bonds is 3. The molecule has 1 aliphatic rings. The molecule has 1 fully saturated rings. The number of hydrogen-bond donors (Lipinski definition) is 1. The highest BCUT2D eigenvalue weighted by Gasteiger charge is 2.26. The summed E-state index contributed by atoms with van der Waals surface area (Å²) < 4.78 is 0. The van der Waals surface area contributed by atoms with Gasteiger partial charge in [-0.1, -0.05) is 13.8 Å². The lowest BCUT2D eigenvalue weighted by molar-refractivity contribution is 0.0332. The third-order valence-corrected chi connectivity index (χ3v) is 2.08. The van der Waals surface area contributed by atoms with Gasteiger partial charge < -0.3 is 5.11 Å². The van der Waals surface area contributed by atoms with Crippen LogP contribution < -0.4 is 0 Å². The zero-order chi connectivity index (χ0) is 7.56. The van der Waals surface area contributed by atoms with Crippen LogP contribution in [0.4, 0.5) is 0 Å². The Morgan fingerprint density at radius 2 is 2.30 bits per heavy atom. The molecule has 2 nitrogen and oxygen atoms in total. The fourth-order valence-electron chi connectivity index (χ4n) is 1.41. The molecule has 1 N–H and O–H groups in total. The Hall–Kier alpha value is -0.0800. The van der Waals surface area contributed by atoms with E-state index in [0.717, 1.165) is 12.5 Å². The van der Waals surface area contributed by atoms with Crippen LogP contribution in [0.5, 0.6) is 0 Å². The smallest absolute Gasteiger partial charge is 0.0587 e. The van der Waals surface area contributed by atoms with Crippen molar-refractivity contribution in [2.24, 2.45) is 5.92 Å². The van der Waals surface area contributed by atoms with Crippen molar-refractivity contribution in [1.82, 2.24) is 4.90 Å². The SMILES string of the molecule is CC(C)CN1CCC1CO. The summed E-state index contributed by atoms with van der Waals surface area (Å²) in [5.74, 6) is 0.731. The summed E-state index contributed by atoms with van der Waals surface area (Å²) in [7, 11) is 0. The van der Waals surface area contributed by atoms with Crippen molar-refractivity contribution < 1.29 is 5.11 Å². The molecule has 0 amide bonds. The molecule has 0 aromatic rings. The zero-order valence-corrected chi connectivity index (χ0v) is 6.88. The second-order valence-electron chi connectivity index (χ2n) is 3.51. The number of nitrogens with zero attached hydrogens (tertiary/aromatic N) is 1. The largest absolute Gasteiger partial charge is 0.395 e. The molecule has 1 rings (SSSR count). The van der Waals surface area contributed by atoms with Gasteiger partial charge in [-0.3, -0.25) is 4.90 Å². The lowest BCUT2D eigenvalue weighted by Gasteiger charge is -2.40. The first kappa shape index (κ1) is 8.02. The van der Waals surface area contributed by atoms with Gasteiger partial charge in [-0.05, 0) is 12.3 Å². The summed E-state index contributed by atoms with van der Waals surface area (Å²) in [6, 6.07) is 0.474. The van der Waals surface area contributed by atoms with E-state index in [4.69, 9.17) is 5.11 Å². The molecule has 0 aliphatic carbocycles. The lowest BCUT2D eigenvalue weighted by atomic mass is 10.0. The van der Waals surface area contributed by atoms with E-state index in [1.165, 1.54) is 13.0 Å². The first-order valence-corrected chi connectivity index (χ1v) is 4.09. The zero-order valence-electron chi connectivity index (χ0n) is 6.88. The van der Waals surface area contributed by atoms with E-state index >= 15 is 0 Å². The predicted octanol–water partition coefficient (Wildman–Crippen LogP) is 0.709. The fraction of sp³-hybridized carbons (Fsp3) is 1.00. The number of likely N-dealkylation sites (tertiary alicyclic amines) is 1. The van der Waals surface area contributed by atoms with E-state index in [-0.39, 0.29) is 0 Å². The third-order valence-electron chi connectivity index (χ3n) is 2.08. The van der Waals surface area contributed by atoms with Gasteiger partial charge in [-0.15, -0.1) is 0 Å². The van der Waals surface area contributed by atoms with Gasteiger partial charge >= 0.3 is 0 Å². The summed E-state index contributed by atoms with van der Waals surface area (Å²) in [5, 5.41) is 8.83. The molecular formula is C8H17NO. The van der Waals surface area contributed by atoms with Crippen molar-refractivity contribution >= 4 is 0 Å². The summed E-state index contributed by atoms with van der Waals surface area (Å²) in [6.07, 6.45) is 1.18. The maximum atomic E-state index is 8.83. The van der Waals surface area contributed by atoms with Crippen molar-refractivity contribution in [2.75, 3.05) is 19.7 Å². The first-order chi connectivity index (χ1) is 4.74. The van der Waals surface area contributed by atoms with Gasteiger partial charge in [-0.25, -0.2) is 0 Å². The second kappa shape index (κ2) is 3.35. The standard InChI is InChI=1S/C8H17NO/c1-7(2)5-9-4-3-8(9)6-10/h7-8,10H,3-6H2,1-2H3. The molecule has 0 bridgehead atoms. The number of hydrogen-bond acceptors (Lipinski definition) is 2. The summed E-state index contributed by atoms with van der Waals surface area (Å²) in [6.45, 7) is 7.10. The minimum Gasteiger partial charge on any atom is -0.395 e. The van der Waals surface area contributed by atoms with Crippen molar-refractivity contribution in [3.63, 3.8) is 0 Å². The highest BCUT2D eigenvalue weighted by Crippen LogP contribution is 2.17. The molecule has 0 spiro atoms. The van der Waals surface area contributed by atoms with Gasteiger partial charge in [0.05, 0.1) is 6.61 Å². The van der Waals surface area contributed by atoms with Crippen LogP contribution in [-0.4, -0.2) is 35.7 Å². The fourth-order valence-corrected chi connectivity index (χ4v) is 1.41. The minimum absolute atomic E-state index is 0.340. The quantitative estimate of drug-likeness (QED) is 0.629. The molecule has 1 atom stereocenters. The molecule has 0 radical (unpaired) electrons. The third kappa shape index (κ3) is 1.70. The molecule has 1 unspecified atom stereocenters. The molecule has 10 heavy (non-hydrogen) atoms. The van der Waals surface area contributed by atoms with Crippen molar-refractivity contribution in [3.05, 3.63) is 0 Å². The molecule has 60 valence electrons. The van der Waals surface area contributed by atoms with E-state index in [0.29, 0.717) is 12.6 Å². The van der Waals surface area contributed by atoms with Gasteiger partial charge in [0.25, 0.3) is 0 Å². The highest BCUT2D eigenvalue weighted by atomic mass is 16.3. The Morgan fingerprint density at radius 1 is 1.60 bits per heavy atom. The Labute approximate surface area is 62.8 Å². The Balaban J connectivity index is 2.16. The summed E-state index contributed by atoms with van der Waals surface area (Å²) in [4.78, 5) is 2.35. The molecule has 0 aromatic heterocycles. The van der Waals surface area contributed by atoms with Gasteiger partial charge in [0.2, 0.25) is 0 Å². The van der Waals surface area contributed by atoms with Gasteiger partial charge in [0.15, 0.2) is 0 Å². The van der Waals surface area contributed by atoms with Gasteiger partial charge in [0.1, 0.15) is 0 Å². The molecule has 1 heterocycles. The summed E-state index contributed by atoms with van der Waals surface area (Å²) >= 11 is 0.